The first kappa shape index (κ1) is 19.0. The molecule has 0 aliphatic rings. The number of carbonyl (C=O) groups is 1. The number of aryl methyl sites for hydroxylation is 1. The third kappa shape index (κ3) is 4.21. The topological polar surface area (TPSA) is 66.5 Å². The summed E-state index contributed by atoms with van der Waals surface area (Å²) in [5, 5.41) is 2.65. The van der Waals surface area contributed by atoms with Gasteiger partial charge in [-0.25, -0.2) is 17.2 Å². The molecule has 2 aromatic carbocycles. The van der Waals surface area contributed by atoms with Crippen LogP contribution in [-0.4, -0.2) is 32.2 Å². The molecule has 2 rings (SSSR count). The predicted octanol–water partition coefficient (Wildman–Crippen LogP) is 2.84. The Morgan fingerprint density at radius 1 is 1.12 bits per heavy atom. The molecular weight excluding hydrogens is 350 g/mol. The van der Waals surface area contributed by atoms with Crippen LogP contribution in [0.5, 0.6) is 0 Å². The van der Waals surface area contributed by atoms with E-state index in [0.717, 1.165) is 27.6 Å². The number of rotatable bonds is 5. The lowest BCUT2D eigenvalue weighted by Gasteiger charge is -2.18. The third-order valence-corrected chi connectivity index (χ3v) is 5.64. The number of likely N-dealkylation sites (N-methyl/N-ethyl adjacent to an activating group) is 1. The molecule has 0 heterocycles. The van der Waals surface area contributed by atoms with Crippen LogP contribution in [0.3, 0.4) is 0 Å². The van der Waals surface area contributed by atoms with Gasteiger partial charge in [-0.2, -0.15) is 4.31 Å². The summed E-state index contributed by atoms with van der Waals surface area (Å²) < 4.78 is 51.7. The first-order chi connectivity index (χ1) is 11.6. The highest BCUT2D eigenvalue weighted by Crippen LogP contribution is 2.19. The van der Waals surface area contributed by atoms with Crippen LogP contribution in [-0.2, 0) is 14.8 Å². The average molecular weight is 368 g/mol. The van der Waals surface area contributed by atoms with E-state index in [1.165, 1.54) is 7.05 Å². The van der Waals surface area contributed by atoms with Crippen molar-refractivity contribution in [1.82, 2.24) is 4.31 Å². The van der Waals surface area contributed by atoms with Crippen molar-refractivity contribution in [2.24, 2.45) is 0 Å². The lowest BCUT2D eigenvalue weighted by molar-refractivity contribution is -0.116. The van der Waals surface area contributed by atoms with E-state index >= 15 is 0 Å². The van der Waals surface area contributed by atoms with E-state index in [4.69, 9.17) is 0 Å². The maximum Gasteiger partial charge on any atom is 0.243 e. The Balaban J connectivity index is 2.14. The van der Waals surface area contributed by atoms with Crippen LogP contribution in [0.1, 0.15) is 11.1 Å². The van der Waals surface area contributed by atoms with Crippen molar-refractivity contribution in [3.05, 3.63) is 59.2 Å². The number of nitrogens with zero attached hydrogens (tertiary/aromatic N) is 1. The molecule has 1 N–H and O–H groups in total. The van der Waals surface area contributed by atoms with E-state index in [0.29, 0.717) is 11.8 Å². The molecule has 5 nitrogen and oxygen atoms in total. The molecule has 25 heavy (non-hydrogen) atoms. The van der Waals surface area contributed by atoms with E-state index in [-0.39, 0.29) is 0 Å². The van der Waals surface area contributed by atoms with Gasteiger partial charge in [-0.15, -0.1) is 0 Å². The molecule has 0 bridgehead atoms. The second kappa shape index (κ2) is 7.28. The second-order valence-electron chi connectivity index (χ2n) is 5.63. The van der Waals surface area contributed by atoms with Crippen LogP contribution >= 0.6 is 0 Å². The number of anilines is 1. The standard InChI is InChI=1S/C17H18F2N2O3S/c1-11-5-4-6-16(12(11)2)20-17(22)10-21(3)25(23,24)13-7-8-14(18)15(19)9-13/h4-9H,10H2,1-3H3,(H,20,22). The smallest absolute Gasteiger partial charge is 0.243 e. The molecule has 8 heteroatoms. The quantitative estimate of drug-likeness (QED) is 0.883. The minimum Gasteiger partial charge on any atom is -0.325 e. The fourth-order valence-electron chi connectivity index (χ4n) is 2.18. The van der Waals surface area contributed by atoms with Crippen molar-refractivity contribution in [2.75, 3.05) is 18.9 Å². The molecule has 1 amide bonds. The molecule has 0 aliphatic heterocycles. The summed E-state index contributed by atoms with van der Waals surface area (Å²) in [6.07, 6.45) is 0. The number of hydrogen-bond donors (Lipinski definition) is 1. The molecule has 2 aromatic rings. The van der Waals surface area contributed by atoms with Crippen molar-refractivity contribution in [3.8, 4) is 0 Å². The van der Waals surface area contributed by atoms with Crippen molar-refractivity contribution in [3.63, 3.8) is 0 Å². The van der Waals surface area contributed by atoms with E-state index < -0.39 is 39.0 Å². The number of hydrogen-bond acceptors (Lipinski definition) is 3. The van der Waals surface area contributed by atoms with Crippen LogP contribution in [0.2, 0.25) is 0 Å². The molecule has 134 valence electrons. The van der Waals surface area contributed by atoms with Gasteiger partial charge in [0.2, 0.25) is 15.9 Å². The molecular formula is C17H18F2N2O3S. The van der Waals surface area contributed by atoms with E-state index in [9.17, 15) is 22.0 Å². The zero-order valence-corrected chi connectivity index (χ0v) is 14.8. The summed E-state index contributed by atoms with van der Waals surface area (Å²) in [7, 11) is -2.92. The number of benzene rings is 2. The van der Waals surface area contributed by atoms with Gasteiger partial charge >= 0.3 is 0 Å². The molecule has 0 spiro atoms. The van der Waals surface area contributed by atoms with Gasteiger partial charge < -0.3 is 5.32 Å². The second-order valence-corrected chi connectivity index (χ2v) is 7.68. The maximum atomic E-state index is 13.3. The van der Waals surface area contributed by atoms with Crippen LogP contribution in [0, 0.1) is 25.5 Å². The van der Waals surface area contributed by atoms with Crippen molar-refractivity contribution >= 4 is 21.6 Å². The van der Waals surface area contributed by atoms with E-state index in [1.807, 2.05) is 19.9 Å². The molecule has 0 aliphatic carbocycles. The molecule has 0 unspecified atom stereocenters. The Labute approximate surface area is 145 Å². The van der Waals surface area contributed by atoms with Gasteiger partial charge in [0.1, 0.15) is 0 Å². The normalized spacial score (nSPS) is 11.6. The van der Waals surface area contributed by atoms with Gasteiger partial charge in [-0.1, -0.05) is 12.1 Å². The lowest BCUT2D eigenvalue weighted by Crippen LogP contribution is -2.35. The SMILES string of the molecule is Cc1cccc(NC(=O)CN(C)S(=O)(=O)c2ccc(F)c(F)c2)c1C. The minimum absolute atomic E-state index is 0.423. The van der Waals surface area contributed by atoms with Gasteiger partial charge in [0.05, 0.1) is 11.4 Å². The summed E-state index contributed by atoms with van der Waals surface area (Å²) >= 11 is 0. The Hall–Kier alpha value is -2.32. The zero-order chi connectivity index (χ0) is 18.8. The highest BCUT2D eigenvalue weighted by molar-refractivity contribution is 7.89. The maximum absolute atomic E-state index is 13.3. The molecule has 0 aromatic heterocycles. The van der Waals surface area contributed by atoms with Gasteiger partial charge in [0.25, 0.3) is 0 Å². The van der Waals surface area contributed by atoms with Crippen LogP contribution in [0.15, 0.2) is 41.3 Å². The molecule has 0 radical (unpaired) electrons. The summed E-state index contributed by atoms with van der Waals surface area (Å²) in [6, 6.07) is 7.65. The lowest BCUT2D eigenvalue weighted by atomic mass is 10.1. The molecule has 0 saturated heterocycles. The van der Waals surface area contributed by atoms with Crippen LogP contribution < -0.4 is 5.32 Å². The van der Waals surface area contributed by atoms with E-state index in [1.54, 1.807) is 12.1 Å². The Morgan fingerprint density at radius 2 is 1.80 bits per heavy atom. The molecule has 0 atom stereocenters. The first-order valence-corrected chi connectivity index (χ1v) is 8.84. The number of nitrogens with one attached hydrogen (secondary N) is 1. The first-order valence-electron chi connectivity index (χ1n) is 7.40. The monoisotopic (exact) mass is 368 g/mol. The fourth-order valence-corrected chi connectivity index (χ4v) is 3.32. The Bertz CT molecular complexity index is 914. The Morgan fingerprint density at radius 3 is 2.44 bits per heavy atom. The molecule has 0 fully saturated rings. The van der Waals surface area contributed by atoms with Crippen molar-refractivity contribution < 1.29 is 22.0 Å². The highest BCUT2D eigenvalue weighted by atomic mass is 32.2. The predicted molar refractivity (Wildman–Crippen MR) is 90.7 cm³/mol. The largest absolute Gasteiger partial charge is 0.325 e. The van der Waals surface area contributed by atoms with Gasteiger partial charge in [0.15, 0.2) is 11.6 Å². The van der Waals surface area contributed by atoms with E-state index in [2.05, 4.69) is 5.32 Å². The summed E-state index contributed by atoms with van der Waals surface area (Å²) in [5.41, 5.74) is 2.45. The van der Waals surface area contributed by atoms with Crippen LogP contribution in [0.25, 0.3) is 0 Å². The number of carbonyl (C=O) groups excluding carboxylic acids is 1. The number of amides is 1. The zero-order valence-electron chi connectivity index (χ0n) is 14.0. The minimum atomic E-state index is -4.12. The number of sulfonamides is 1. The third-order valence-electron chi connectivity index (χ3n) is 3.84. The van der Waals surface area contributed by atoms with Gasteiger partial charge in [0, 0.05) is 12.7 Å². The Kier molecular flexibility index (Phi) is 5.54. The fraction of sp³-hybridized carbons (Fsp3) is 0.235. The highest BCUT2D eigenvalue weighted by Gasteiger charge is 2.24. The van der Waals surface area contributed by atoms with Gasteiger partial charge in [-0.3, -0.25) is 4.79 Å². The van der Waals surface area contributed by atoms with Gasteiger partial charge in [-0.05, 0) is 49.2 Å². The number of halogens is 2. The van der Waals surface area contributed by atoms with Crippen molar-refractivity contribution in [2.45, 2.75) is 18.7 Å². The summed E-state index contributed by atoms with van der Waals surface area (Å²) in [6.45, 7) is 3.27. The average Bonchev–Trinajstić information content (AvgIpc) is 2.54. The summed E-state index contributed by atoms with van der Waals surface area (Å²) in [5.74, 6) is -2.95. The van der Waals surface area contributed by atoms with Crippen LogP contribution in [0.4, 0.5) is 14.5 Å². The molecule has 0 saturated carbocycles. The van der Waals surface area contributed by atoms with Crippen molar-refractivity contribution in [1.29, 1.82) is 0 Å². The summed E-state index contributed by atoms with van der Waals surface area (Å²) in [4.78, 5) is 11.7.